The maximum Gasteiger partial charge on any atom is 0.261 e. The van der Waals surface area contributed by atoms with Crippen LogP contribution in [0.15, 0.2) is 24.3 Å². The number of rotatable bonds is 5. The number of amides is 1. The molecule has 104 valence electrons. The van der Waals surface area contributed by atoms with Crippen molar-refractivity contribution in [1.82, 2.24) is 5.32 Å². The lowest BCUT2D eigenvalue weighted by Crippen LogP contribution is -2.42. The molecule has 0 bridgehead atoms. The molecule has 1 heterocycles. The van der Waals surface area contributed by atoms with Gasteiger partial charge in [0.25, 0.3) is 5.91 Å². The summed E-state index contributed by atoms with van der Waals surface area (Å²) in [6, 6.07) is 7.83. The molecule has 0 fully saturated rings. The van der Waals surface area contributed by atoms with Crippen molar-refractivity contribution in [2.24, 2.45) is 5.41 Å². The zero-order valence-corrected chi connectivity index (χ0v) is 13.0. The van der Waals surface area contributed by atoms with E-state index in [4.69, 9.17) is 4.74 Å². The van der Waals surface area contributed by atoms with E-state index in [2.05, 4.69) is 35.1 Å². The van der Waals surface area contributed by atoms with Crippen LogP contribution >= 0.6 is 15.9 Å². The minimum Gasteiger partial charge on any atom is -0.480 e. The van der Waals surface area contributed by atoms with Crippen molar-refractivity contribution in [1.29, 1.82) is 0 Å². The van der Waals surface area contributed by atoms with Gasteiger partial charge in [0, 0.05) is 18.3 Å². The fourth-order valence-electron chi connectivity index (χ4n) is 2.11. The Kier molecular flexibility index (Phi) is 4.50. The summed E-state index contributed by atoms with van der Waals surface area (Å²) in [4.78, 5) is 12.1. The van der Waals surface area contributed by atoms with E-state index in [0.717, 1.165) is 23.1 Å². The number of benzene rings is 1. The number of alkyl halides is 1. The first-order valence-corrected chi connectivity index (χ1v) is 7.72. The van der Waals surface area contributed by atoms with Gasteiger partial charge in [-0.1, -0.05) is 48.0 Å². The summed E-state index contributed by atoms with van der Waals surface area (Å²) in [5.41, 5.74) is 1.22. The van der Waals surface area contributed by atoms with Crippen LogP contribution in [0.25, 0.3) is 0 Å². The molecule has 0 aromatic heterocycles. The summed E-state index contributed by atoms with van der Waals surface area (Å²) in [6.07, 6.45) is 1.32. The Labute approximate surface area is 122 Å². The number of carbonyl (C=O) groups excluding carboxylic acids is 1. The number of fused-ring (bicyclic) bond motifs is 1. The average molecular weight is 326 g/mol. The first kappa shape index (κ1) is 14.4. The van der Waals surface area contributed by atoms with Gasteiger partial charge in [-0.05, 0) is 23.5 Å². The molecule has 0 radical (unpaired) electrons. The summed E-state index contributed by atoms with van der Waals surface area (Å²) >= 11 is 3.44. The number of hydrogen-bond donors (Lipinski definition) is 1. The lowest BCUT2D eigenvalue weighted by molar-refractivity contribution is -0.127. The van der Waals surface area contributed by atoms with Gasteiger partial charge in [0.15, 0.2) is 6.10 Å². The summed E-state index contributed by atoms with van der Waals surface area (Å²) in [6.45, 7) is 4.98. The highest BCUT2D eigenvalue weighted by molar-refractivity contribution is 9.09. The SMILES string of the molecule is CC(C)(CCBr)CNC(=O)C1Cc2ccccc2O1. The Morgan fingerprint density at radius 1 is 1.47 bits per heavy atom. The topological polar surface area (TPSA) is 38.3 Å². The molecular weight excluding hydrogens is 306 g/mol. The maximum atomic E-state index is 12.1. The Morgan fingerprint density at radius 3 is 2.89 bits per heavy atom. The highest BCUT2D eigenvalue weighted by atomic mass is 79.9. The van der Waals surface area contributed by atoms with Gasteiger partial charge in [-0.15, -0.1) is 0 Å². The Hall–Kier alpha value is -1.03. The number of nitrogens with one attached hydrogen (secondary N) is 1. The zero-order valence-electron chi connectivity index (χ0n) is 11.4. The molecule has 1 aliphatic rings. The summed E-state index contributed by atoms with van der Waals surface area (Å²) < 4.78 is 5.67. The third-order valence-corrected chi connectivity index (χ3v) is 3.85. The standard InChI is InChI=1S/C15H20BrNO2/c1-15(2,7-8-16)10-17-14(18)13-9-11-5-3-4-6-12(11)19-13/h3-6,13H,7-10H2,1-2H3,(H,17,18). The average Bonchev–Trinajstić information content (AvgIpc) is 2.79. The normalized spacial score (nSPS) is 17.7. The van der Waals surface area contributed by atoms with Gasteiger partial charge in [0.2, 0.25) is 0 Å². The highest BCUT2D eigenvalue weighted by Crippen LogP contribution is 2.28. The zero-order chi connectivity index (χ0) is 13.9. The molecule has 0 aliphatic carbocycles. The van der Waals surface area contributed by atoms with Gasteiger partial charge in [-0.2, -0.15) is 0 Å². The van der Waals surface area contributed by atoms with Crippen molar-refractivity contribution in [2.75, 3.05) is 11.9 Å². The van der Waals surface area contributed by atoms with Gasteiger partial charge in [-0.3, -0.25) is 4.79 Å². The first-order chi connectivity index (χ1) is 9.02. The molecule has 1 N–H and O–H groups in total. The molecule has 1 aromatic carbocycles. The molecule has 2 rings (SSSR count). The van der Waals surface area contributed by atoms with E-state index < -0.39 is 0 Å². The lowest BCUT2D eigenvalue weighted by atomic mass is 9.90. The predicted octanol–water partition coefficient (Wildman–Crippen LogP) is 2.92. The summed E-state index contributed by atoms with van der Waals surface area (Å²) in [5, 5.41) is 3.95. The quantitative estimate of drug-likeness (QED) is 0.845. The molecule has 0 saturated carbocycles. The molecule has 1 aliphatic heterocycles. The molecule has 1 amide bonds. The fourth-order valence-corrected chi connectivity index (χ4v) is 3.19. The minimum absolute atomic E-state index is 0.0150. The van der Waals surface area contributed by atoms with E-state index in [0.29, 0.717) is 13.0 Å². The van der Waals surface area contributed by atoms with E-state index in [-0.39, 0.29) is 17.4 Å². The molecular formula is C15H20BrNO2. The second kappa shape index (κ2) is 5.95. The molecule has 3 nitrogen and oxygen atoms in total. The van der Waals surface area contributed by atoms with E-state index in [1.807, 2.05) is 24.3 Å². The Balaban J connectivity index is 1.86. The number of carbonyl (C=O) groups is 1. The van der Waals surface area contributed by atoms with Crippen molar-refractivity contribution in [3.8, 4) is 5.75 Å². The maximum absolute atomic E-state index is 12.1. The minimum atomic E-state index is -0.378. The molecule has 0 saturated heterocycles. The molecule has 4 heteroatoms. The van der Waals surface area contributed by atoms with E-state index in [1.165, 1.54) is 0 Å². The summed E-state index contributed by atoms with van der Waals surface area (Å²) in [5.74, 6) is 0.821. The van der Waals surface area contributed by atoms with Crippen LogP contribution in [0.3, 0.4) is 0 Å². The highest BCUT2D eigenvalue weighted by Gasteiger charge is 2.29. The van der Waals surface area contributed by atoms with Crippen molar-refractivity contribution < 1.29 is 9.53 Å². The van der Waals surface area contributed by atoms with Crippen LogP contribution in [-0.4, -0.2) is 23.9 Å². The van der Waals surface area contributed by atoms with Crippen LogP contribution in [-0.2, 0) is 11.2 Å². The van der Waals surface area contributed by atoms with Gasteiger partial charge >= 0.3 is 0 Å². The number of halogens is 1. The largest absolute Gasteiger partial charge is 0.480 e. The predicted molar refractivity (Wildman–Crippen MR) is 79.8 cm³/mol. The van der Waals surface area contributed by atoms with Crippen molar-refractivity contribution in [3.63, 3.8) is 0 Å². The molecule has 19 heavy (non-hydrogen) atoms. The van der Waals surface area contributed by atoms with Crippen molar-refractivity contribution >= 4 is 21.8 Å². The number of ether oxygens (including phenoxy) is 1. The van der Waals surface area contributed by atoms with E-state index >= 15 is 0 Å². The van der Waals surface area contributed by atoms with Gasteiger partial charge in [-0.25, -0.2) is 0 Å². The van der Waals surface area contributed by atoms with E-state index in [1.54, 1.807) is 0 Å². The molecule has 1 unspecified atom stereocenters. The first-order valence-electron chi connectivity index (χ1n) is 6.60. The third kappa shape index (κ3) is 3.72. The Morgan fingerprint density at radius 2 is 2.21 bits per heavy atom. The number of hydrogen-bond acceptors (Lipinski definition) is 2. The third-order valence-electron chi connectivity index (χ3n) is 3.45. The lowest BCUT2D eigenvalue weighted by Gasteiger charge is -2.24. The van der Waals surface area contributed by atoms with Crippen LogP contribution in [0.5, 0.6) is 5.75 Å². The van der Waals surface area contributed by atoms with Crippen LogP contribution in [0.2, 0.25) is 0 Å². The van der Waals surface area contributed by atoms with Crippen molar-refractivity contribution in [2.45, 2.75) is 32.8 Å². The van der Waals surface area contributed by atoms with Crippen LogP contribution in [0.4, 0.5) is 0 Å². The number of para-hydroxylation sites is 1. The second-order valence-corrected chi connectivity index (χ2v) is 6.53. The molecule has 0 spiro atoms. The van der Waals surface area contributed by atoms with Gasteiger partial charge in [0.05, 0.1) is 0 Å². The Bertz CT molecular complexity index is 434. The second-order valence-electron chi connectivity index (χ2n) is 5.74. The van der Waals surface area contributed by atoms with Crippen LogP contribution in [0, 0.1) is 5.41 Å². The molecule has 1 atom stereocenters. The smallest absolute Gasteiger partial charge is 0.261 e. The van der Waals surface area contributed by atoms with E-state index in [9.17, 15) is 4.79 Å². The van der Waals surface area contributed by atoms with Crippen molar-refractivity contribution in [3.05, 3.63) is 29.8 Å². The van der Waals surface area contributed by atoms with Gasteiger partial charge in [0.1, 0.15) is 5.75 Å². The summed E-state index contributed by atoms with van der Waals surface area (Å²) in [7, 11) is 0. The molecule has 1 aromatic rings. The fraction of sp³-hybridized carbons (Fsp3) is 0.533. The van der Waals surface area contributed by atoms with Crippen LogP contribution in [0.1, 0.15) is 25.8 Å². The monoisotopic (exact) mass is 325 g/mol. The van der Waals surface area contributed by atoms with Gasteiger partial charge < -0.3 is 10.1 Å². The van der Waals surface area contributed by atoms with Crippen LogP contribution < -0.4 is 10.1 Å².